The zero-order chi connectivity index (χ0) is 15.6. The van der Waals surface area contributed by atoms with Gasteiger partial charge in [-0.3, -0.25) is 9.59 Å². The summed E-state index contributed by atoms with van der Waals surface area (Å²) in [5.41, 5.74) is -0.339. The molecule has 6 nitrogen and oxygen atoms in total. The molecule has 1 aromatic heterocycles. The second kappa shape index (κ2) is 5.94. The lowest BCUT2D eigenvalue weighted by Gasteiger charge is -2.13. The lowest BCUT2D eigenvalue weighted by molar-refractivity contribution is -0.143. The van der Waals surface area contributed by atoms with Crippen molar-refractivity contribution in [1.82, 2.24) is 10.3 Å². The molecule has 2 aliphatic carbocycles. The third-order valence-corrected chi connectivity index (χ3v) is 4.48. The number of nitrogens with one attached hydrogen (secondary N) is 1. The molecular formula is C16H20N2O4. The van der Waals surface area contributed by atoms with Crippen LogP contribution in [-0.2, 0) is 4.79 Å². The molecule has 0 unspecified atom stereocenters. The van der Waals surface area contributed by atoms with Crippen LogP contribution >= 0.6 is 0 Å². The second-order valence-corrected chi connectivity index (χ2v) is 6.18. The predicted molar refractivity (Wildman–Crippen MR) is 78.8 cm³/mol. The molecule has 2 fully saturated rings. The molecule has 2 N–H and O–H groups in total. The molecule has 0 saturated heterocycles. The van der Waals surface area contributed by atoms with Crippen molar-refractivity contribution in [3.8, 4) is 5.88 Å². The van der Waals surface area contributed by atoms with E-state index in [0.717, 1.165) is 12.8 Å². The number of rotatable bonds is 6. The minimum atomic E-state index is -0.841. The van der Waals surface area contributed by atoms with Crippen LogP contribution in [0.2, 0.25) is 0 Å². The molecule has 22 heavy (non-hydrogen) atoms. The first-order valence-electron chi connectivity index (χ1n) is 7.73. The van der Waals surface area contributed by atoms with Gasteiger partial charge in [0.05, 0.1) is 11.0 Å². The molecule has 6 heteroatoms. The third-order valence-electron chi connectivity index (χ3n) is 4.48. The Morgan fingerprint density at radius 1 is 1.32 bits per heavy atom. The van der Waals surface area contributed by atoms with Gasteiger partial charge >= 0.3 is 5.97 Å². The van der Waals surface area contributed by atoms with E-state index in [-0.39, 0.29) is 18.6 Å². The average molecular weight is 304 g/mol. The summed E-state index contributed by atoms with van der Waals surface area (Å²) in [6, 6.07) is 3.35. The van der Waals surface area contributed by atoms with Gasteiger partial charge < -0.3 is 15.2 Å². The normalized spacial score (nSPS) is 19.6. The number of ether oxygens (including phenoxy) is 1. The maximum absolute atomic E-state index is 12.0. The number of aliphatic carboxylic acids is 1. The number of carboxylic acids is 1. The second-order valence-electron chi connectivity index (χ2n) is 6.18. The summed E-state index contributed by atoms with van der Waals surface area (Å²) >= 11 is 0. The van der Waals surface area contributed by atoms with Crippen LogP contribution in [0.15, 0.2) is 18.3 Å². The fraction of sp³-hybridized carbons (Fsp3) is 0.562. The number of carboxylic acid groups (broad SMARTS) is 1. The van der Waals surface area contributed by atoms with Gasteiger partial charge in [-0.1, -0.05) is 0 Å². The minimum absolute atomic E-state index is 0.168. The summed E-state index contributed by atoms with van der Waals surface area (Å²) in [4.78, 5) is 27.2. The van der Waals surface area contributed by atoms with E-state index in [2.05, 4.69) is 10.3 Å². The van der Waals surface area contributed by atoms with Crippen LogP contribution in [0.5, 0.6) is 5.88 Å². The zero-order valence-electron chi connectivity index (χ0n) is 12.4. The van der Waals surface area contributed by atoms with Crippen molar-refractivity contribution in [3.63, 3.8) is 0 Å². The highest BCUT2D eigenvalue weighted by Crippen LogP contribution is 2.45. The molecule has 2 saturated carbocycles. The van der Waals surface area contributed by atoms with Gasteiger partial charge in [-0.05, 0) is 44.6 Å². The van der Waals surface area contributed by atoms with E-state index in [4.69, 9.17) is 9.84 Å². The smallest absolute Gasteiger partial charge is 0.311 e. The summed E-state index contributed by atoms with van der Waals surface area (Å²) in [5.74, 6) is -0.605. The van der Waals surface area contributed by atoms with Gasteiger partial charge in [-0.15, -0.1) is 0 Å². The summed E-state index contributed by atoms with van der Waals surface area (Å²) in [6.45, 7) is 0.168. The number of hydrogen-bond donors (Lipinski definition) is 2. The molecule has 3 rings (SSSR count). The highest BCUT2D eigenvalue weighted by molar-refractivity contribution is 5.94. The molecule has 2 aliphatic rings. The average Bonchev–Trinajstić information content (AvgIpc) is 3.16. The summed E-state index contributed by atoms with van der Waals surface area (Å²) < 4.78 is 5.75. The van der Waals surface area contributed by atoms with Gasteiger partial charge in [-0.2, -0.15) is 0 Å². The van der Waals surface area contributed by atoms with E-state index in [9.17, 15) is 9.59 Å². The lowest BCUT2D eigenvalue weighted by atomic mass is 10.1. The number of amides is 1. The van der Waals surface area contributed by atoms with Crippen LogP contribution in [-0.4, -0.2) is 34.6 Å². The van der Waals surface area contributed by atoms with Gasteiger partial charge in [0.25, 0.3) is 5.91 Å². The molecule has 1 heterocycles. The topological polar surface area (TPSA) is 88.5 Å². The molecule has 0 atom stereocenters. The Hall–Kier alpha value is -2.11. The molecule has 0 aliphatic heterocycles. The predicted octanol–water partition coefficient (Wildman–Crippen LogP) is 2.00. The molecule has 118 valence electrons. The first-order chi connectivity index (χ1) is 10.6. The number of aromatic nitrogens is 1. The molecule has 0 spiro atoms. The van der Waals surface area contributed by atoms with E-state index >= 15 is 0 Å². The fourth-order valence-electron chi connectivity index (χ4n) is 2.73. The fourth-order valence-corrected chi connectivity index (χ4v) is 2.73. The first kappa shape index (κ1) is 14.8. The standard InChI is InChI=1S/C16H20N2O4/c19-14(18-10-16(7-8-16)15(20)21)11-5-6-13(17-9-11)22-12-3-1-2-4-12/h5-6,9,12H,1-4,7-8,10H2,(H,18,19)(H,20,21). The number of pyridine rings is 1. The number of hydrogen-bond acceptors (Lipinski definition) is 4. The molecule has 0 aromatic carbocycles. The number of nitrogens with zero attached hydrogens (tertiary/aromatic N) is 1. The minimum Gasteiger partial charge on any atom is -0.481 e. The Morgan fingerprint density at radius 2 is 2.05 bits per heavy atom. The van der Waals surface area contributed by atoms with Crippen LogP contribution in [0.25, 0.3) is 0 Å². The van der Waals surface area contributed by atoms with Crippen molar-refractivity contribution in [3.05, 3.63) is 23.9 Å². The van der Waals surface area contributed by atoms with Gasteiger partial charge in [0.15, 0.2) is 0 Å². The van der Waals surface area contributed by atoms with Crippen molar-refractivity contribution in [2.24, 2.45) is 5.41 Å². The molecule has 1 aromatic rings. The summed E-state index contributed by atoms with van der Waals surface area (Å²) in [6.07, 6.45) is 7.44. The number of carbonyl (C=O) groups is 2. The van der Waals surface area contributed by atoms with Gasteiger partial charge in [0.2, 0.25) is 5.88 Å². The van der Waals surface area contributed by atoms with E-state index in [1.807, 2.05) is 0 Å². The molecular weight excluding hydrogens is 284 g/mol. The molecule has 0 radical (unpaired) electrons. The van der Waals surface area contributed by atoms with E-state index in [1.165, 1.54) is 19.0 Å². The zero-order valence-corrected chi connectivity index (χ0v) is 12.4. The Labute approximate surface area is 128 Å². The van der Waals surface area contributed by atoms with Crippen LogP contribution in [0.4, 0.5) is 0 Å². The Morgan fingerprint density at radius 3 is 2.59 bits per heavy atom. The Balaban J connectivity index is 1.53. The maximum atomic E-state index is 12.0. The Kier molecular flexibility index (Phi) is 4.00. The van der Waals surface area contributed by atoms with Crippen molar-refractivity contribution >= 4 is 11.9 Å². The van der Waals surface area contributed by atoms with Crippen LogP contribution in [0, 0.1) is 5.41 Å². The summed E-state index contributed by atoms with van der Waals surface area (Å²) in [5, 5.41) is 11.8. The Bertz CT molecular complexity index is 560. The van der Waals surface area contributed by atoms with Crippen LogP contribution in [0.3, 0.4) is 0 Å². The maximum Gasteiger partial charge on any atom is 0.311 e. The van der Waals surface area contributed by atoms with E-state index < -0.39 is 11.4 Å². The van der Waals surface area contributed by atoms with Gasteiger partial charge in [0, 0.05) is 18.8 Å². The first-order valence-corrected chi connectivity index (χ1v) is 7.73. The third kappa shape index (κ3) is 3.21. The van der Waals surface area contributed by atoms with Crippen molar-refractivity contribution in [2.75, 3.05) is 6.54 Å². The molecule has 1 amide bonds. The number of carbonyl (C=O) groups excluding carboxylic acids is 1. The van der Waals surface area contributed by atoms with Gasteiger partial charge in [-0.25, -0.2) is 4.98 Å². The van der Waals surface area contributed by atoms with Crippen molar-refractivity contribution < 1.29 is 19.4 Å². The SMILES string of the molecule is O=C(NCC1(C(=O)O)CC1)c1ccc(OC2CCCC2)nc1. The van der Waals surface area contributed by atoms with Crippen molar-refractivity contribution in [2.45, 2.75) is 44.6 Å². The molecule has 0 bridgehead atoms. The van der Waals surface area contributed by atoms with Crippen LogP contribution < -0.4 is 10.1 Å². The largest absolute Gasteiger partial charge is 0.481 e. The highest BCUT2D eigenvalue weighted by atomic mass is 16.5. The van der Waals surface area contributed by atoms with E-state index in [0.29, 0.717) is 24.3 Å². The van der Waals surface area contributed by atoms with Gasteiger partial charge in [0.1, 0.15) is 6.10 Å². The monoisotopic (exact) mass is 304 g/mol. The van der Waals surface area contributed by atoms with E-state index in [1.54, 1.807) is 12.1 Å². The summed E-state index contributed by atoms with van der Waals surface area (Å²) in [7, 11) is 0. The van der Waals surface area contributed by atoms with Crippen LogP contribution in [0.1, 0.15) is 48.9 Å². The quantitative estimate of drug-likeness (QED) is 0.839. The lowest BCUT2D eigenvalue weighted by Crippen LogP contribution is -2.34. The highest BCUT2D eigenvalue weighted by Gasteiger charge is 2.50. The van der Waals surface area contributed by atoms with Crippen molar-refractivity contribution in [1.29, 1.82) is 0 Å².